The van der Waals surface area contributed by atoms with Crippen molar-refractivity contribution in [1.82, 2.24) is 49.4 Å². The third-order valence-electron chi connectivity index (χ3n) is 23.8. The van der Waals surface area contributed by atoms with Gasteiger partial charge in [-0.1, -0.05) is 291 Å². The second kappa shape index (κ2) is 33.7. The van der Waals surface area contributed by atoms with E-state index in [1.54, 1.807) is 24.8 Å². The van der Waals surface area contributed by atoms with Crippen LogP contribution in [-0.2, 0) is 0 Å². The van der Waals surface area contributed by atoms with Gasteiger partial charge < -0.3 is 0 Å². The van der Waals surface area contributed by atoms with Gasteiger partial charge in [-0.05, 0) is 221 Å². The van der Waals surface area contributed by atoms with E-state index >= 15 is 0 Å². The maximum absolute atomic E-state index is 5.11. The van der Waals surface area contributed by atoms with Gasteiger partial charge in [0.2, 0.25) is 0 Å². The average Bonchev–Trinajstić information content (AvgIpc) is 1.73. The maximum Gasteiger partial charge on any atom is 0.145 e. The highest BCUT2D eigenvalue weighted by Gasteiger charge is 2.20. The maximum atomic E-state index is 5.11. The first-order chi connectivity index (χ1) is 62.9. The molecule has 0 aliphatic rings. The number of fused-ring (bicyclic) bond motifs is 11. The molecule has 10 nitrogen and oxygen atoms in total. The molecule has 8 aromatic heterocycles. The predicted molar refractivity (Wildman–Crippen MR) is 524 cm³/mol. The summed E-state index contributed by atoms with van der Waals surface area (Å²) in [4.78, 5) is 42.7. The lowest BCUT2D eigenvalue weighted by molar-refractivity contribution is 1.10. The molecule has 0 bridgehead atoms. The zero-order valence-electron chi connectivity index (χ0n) is 68.9. The minimum atomic E-state index is 0.881. The van der Waals surface area contributed by atoms with Crippen LogP contribution in [0.15, 0.2) is 462 Å². The van der Waals surface area contributed by atoms with Crippen molar-refractivity contribution < 1.29 is 0 Å². The number of pyridine rings is 6. The lowest BCUT2D eigenvalue weighted by Crippen LogP contribution is -1.97. The second-order valence-electron chi connectivity index (χ2n) is 31.6. The zero-order chi connectivity index (χ0) is 84.4. The molecule has 0 atom stereocenters. The fourth-order valence-corrected chi connectivity index (χ4v) is 17.7. The van der Waals surface area contributed by atoms with Crippen LogP contribution in [0.25, 0.3) is 227 Å². The monoisotopic (exact) mass is 1620 g/mol. The molecule has 16 aromatic carbocycles. The molecule has 0 radical (unpaired) electrons. The van der Waals surface area contributed by atoms with Gasteiger partial charge in [0, 0.05) is 109 Å². The van der Waals surface area contributed by atoms with Crippen LogP contribution in [0.3, 0.4) is 0 Å². The highest BCUT2D eigenvalue weighted by Crippen LogP contribution is 2.43. The topological polar surface area (TPSA) is 121 Å². The van der Waals surface area contributed by atoms with E-state index in [2.05, 4.69) is 351 Å². The van der Waals surface area contributed by atoms with E-state index in [-0.39, 0.29) is 0 Å². The van der Waals surface area contributed by atoms with Gasteiger partial charge in [0.05, 0.1) is 61.4 Å². The molecule has 0 unspecified atom stereocenters. The number of hydrogen-bond acceptors (Lipinski definition) is 9. The Bertz CT molecular complexity index is 8230. The summed E-state index contributed by atoms with van der Waals surface area (Å²) in [5.41, 5.74) is 33.2. The van der Waals surface area contributed by atoms with Gasteiger partial charge in [-0.15, -0.1) is 0 Å². The van der Waals surface area contributed by atoms with E-state index < -0.39 is 0 Å². The Labute approximate surface area is 733 Å². The SMILES string of the molecule is c1cc(-c2cccc(-c3cccc4c3ccc3cccnc34)c2)cc(-c2cc(-c3ccncc3)nc(-c3ccncc3)c2)c1.c1ccc(-c2nc3ccccc3nc2-c2cccc(-c3cccc(-c4cccc5c4ccc4cccnc45)c3)c2)cc1.c1ccc(-n2c(-c3cccc(-c4cccc(-c5cccc6c5ccc5cccnc56)c4)c3)nc3ccccc32)cc1. The molecule has 0 saturated heterocycles. The highest BCUT2D eigenvalue weighted by atomic mass is 15.1. The molecule has 24 aromatic rings. The van der Waals surface area contributed by atoms with Crippen LogP contribution < -0.4 is 0 Å². The van der Waals surface area contributed by atoms with Crippen molar-refractivity contribution >= 4 is 87.1 Å². The van der Waals surface area contributed by atoms with Crippen molar-refractivity contribution in [3.8, 4) is 140 Å². The molecular weight excluding hydrogens is 1550 g/mol. The van der Waals surface area contributed by atoms with E-state index in [0.29, 0.717) is 0 Å². The number of para-hydroxylation sites is 5. The summed E-state index contributed by atoms with van der Waals surface area (Å²) in [5.74, 6) is 0.934. The summed E-state index contributed by atoms with van der Waals surface area (Å²) in [7, 11) is 0. The van der Waals surface area contributed by atoms with Gasteiger partial charge in [-0.25, -0.2) is 19.9 Å². The van der Waals surface area contributed by atoms with Crippen LogP contribution >= 0.6 is 0 Å². The first-order valence-electron chi connectivity index (χ1n) is 42.6. The Morgan fingerprint density at radius 3 is 0.969 bits per heavy atom. The van der Waals surface area contributed by atoms with Gasteiger partial charge >= 0.3 is 0 Å². The molecule has 10 heteroatoms. The van der Waals surface area contributed by atoms with E-state index in [0.717, 1.165) is 156 Å². The fraction of sp³-hybridized carbons (Fsp3) is 0. The summed E-state index contributed by atoms with van der Waals surface area (Å²) in [6.45, 7) is 0. The quantitative estimate of drug-likeness (QED) is 0.104. The molecule has 0 saturated carbocycles. The fourth-order valence-electron chi connectivity index (χ4n) is 17.7. The minimum absolute atomic E-state index is 0.881. The molecule has 127 heavy (non-hydrogen) atoms. The smallest absolute Gasteiger partial charge is 0.145 e. The summed E-state index contributed by atoms with van der Waals surface area (Å²) in [6.07, 6.45) is 12.8. The number of imidazole rings is 1. The van der Waals surface area contributed by atoms with Gasteiger partial charge in [-0.2, -0.15) is 0 Å². The average molecular weight is 1620 g/mol. The first kappa shape index (κ1) is 76.0. The number of aromatic nitrogens is 10. The van der Waals surface area contributed by atoms with Crippen molar-refractivity contribution in [2.75, 3.05) is 0 Å². The van der Waals surface area contributed by atoms with Crippen molar-refractivity contribution in [3.63, 3.8) is 0 Å². The summed E-state index contributed by atoms with van der Waals surface area (Å²) in [5, 5.41) is 10.6. The molecular formula is C117H76N10. The van der Waals surface area contributed by atoms with Crippen LogP contribution in [-0.4, -0.2) is 49.4 Å². The number of nitrogens with zero attached hydrogens (tertiary/aromatic N) is 10. The molecule has 0 N–H and O–H groups in total. The zero-order valence-corrected chi connectivity index (χ0v) is 68.9. The van der Waals surface area contributed by atoms with Crippen molar-refractivity contribution in [2.24, 2.45) is 0 Å². The molecule has 0 spiro atoms. The van der Waals surface area contributed by atoms with Crippen LogP contribution in [0.2, 0.25) is 0 Å². The van der Waals surface area contributed by atoms with Gasteiger partial charge in [-0.3, -0.25) is 29.5 Å². The Morgan fingerprint density at radius 1 is 0.181 bits per heavy atom. The normalized spacial score (nSPS) is 11.3. The van der Waals surface area contributed by atoms with E-state index in [1.165, 1.54) is 71.3 Å². The van der Waals surface area contributed by atoms with Crippen molar-refractivity contribution in [1.29, 1.82) is 0 Å². The predicted octanol–water partition coefficient (Wildman–Crippen LogP) is 29.6. The van der Waals surface area contributed by atoms with Gasteiger partial charge in [0.25, 0.3) is 0 Å². The second-order valence-corrected chi connectivity index (χ2v) is 31.6. The molecule has 8 heterocycles. The molecule has 0 aliphatic carbocycles. The van der Waals surface area contributed by atoms with Gasteiger partial charge in [0.15, 0.2) is 0 Å². The van der Waals surface area contributed by atoms with E-state index in [4.69, 9.17) is 19.9 Å². The van der Waals surface area contributed by atoms with Gasteiger partial charge in [0.1, 0.15) is 5.82 Å². The Morgan fingerprint density at radius 2 is 0.520 bits per heavy atom. The number of benzene rings is 16. The molecule has 594 valence electrons. The highest BCUT2D eigenvalue weighted by molar-refractivity contribution is 6.13. The van der Waals surface area contributed by atoms with Crippen LogP contribution in [0, 0.1) is 0 Å². The van der Waals surface area contributed by atoms with E-state index in [9.17, 15) is 0 Å². The molecule has 0 aliphatic heterocycles. The lowest BCUT2D eigenvalue weighted by Gasteiger charge is -2.13. The van der Waals surface area contributed by atoms with Crippen LogP contribution in [0.4, 0.5) is 0 Å². The summed E-state index contributed by atoms with van der Waals surface area (Å²) < 4.78 is 2.25. The third kappa shape index (κ3) is 15.1. The number of rotatable bonds is 13. The van der Waals surface area contributed by atoms with Crippen molar-refractivity contribution in [3.05, 3.63) is 462 Å². The first-order valence-corrected chi connectivity index (χ1v) is 42.6. The standard InChI is InChI=1S/C40H26N4.C39H25N3.C38H25N3/c1-5-30(31-6-2-8-33(24-31)35-10-3-11-37-36(35)13-12-29-9-4-18-43-40(29)37)23-32(7-1)34-25-38(27-14-19-41-20-15-27)44-39(26-34)28-16-21-42-22-17-28;1-2-10-26(11-3-1)38-39(42-36-20-5-4-19-35(36)41-38)31-15-7-13-29(25-31)28-12-6-14-30(24-28)32-17-8-18-34-33(32)22-21-27-16-9-23-40-37(27)34;1-2-15-31(16-3-1)41-36-20-5-4-19-35(36)40-38(41)30-13-7-11-28(25-30)27-10-6-12-29(24-27)32-17-8-18-34-33(32)22-21-26-14-9-23-39-37(26)34/h1-26H;1-25H;1-25H. The third-order valence-corrected chi connectivity index (χ3v) is 23.8. The Hall–Kier alpha value is -17.2. The van der Waals surface area contributed by atoms with E-state index in [1.807, 2.05) is 116 Å². The molecule has 0 amide bonds. The minimum Gasteiger partial charge on any atom is -0.292 e. The molecule has 24 rings (SSSR count). The van der Waals surface area contributed by atoms with Crippen LogP contribution in [0.5, 0.6) is 0 Å². The van der Waals surface area contributed by atoms with Crippen molar-refractivity contribution in [2.45, 2.75) is 0 Å². The summed E-state index contributed by atoms with van der Waals surface area (Å²) >= 11 is 0. The number of hydrogen-bond donors (Lipinski definition) is 0. The summed E-state index contributed by atoms with van der Waals surface area (Å²) in [6, 6.07) is 147. The molecule has 0 fully saturated rings. The largest absolute Gasteiger partial charge is 0.292 e. The Kier molecular flexibility index (Phi) is 20.1. The lowest BCUT2D eigenvalue weighted by atomic mass is 9.93. The Balaban J connectivity index is 0.000000113. The van der Waals surface area contributed by atoms with Crippen LogP contribution in [0.1, 0.15) is 0 Å².